The molecule has 0 aliphatic heterocycles. The highest BCUT2D eigenvalue weighted by molar-refractivity contribution is 6.30. The number of nitrogens with one attached hydrogen (secondary N) is 2. The van der Waals surface area contributed by atoms with Crippen molar-refractivity contribution in [2.75, 3.05) is 6.54 Å². The lowest BCUT2D eigenvalue weighted by Gasteiger charge is -2.05. The van der Waals surface area contributed by atoms with Gasteiger partial charge >= 0.3 is 0 Å². The molecule has 5 nitrogen and oxygen atoms in total. The van der Waals surface area contributed by atoms with E-state index in [4.69, 9.17) is 11.6 Å². The summed E-state index contributed by atoms with van der Waals surface area (Å²) in [5.41, 5.74) is 0.565. The summed E-state index contributed by atoms with van der Waals surface area (Å²) in [7, 11) is 0. The van der Waals surface area contributed by atoms with Crippen molar-refractivity contribution < 1.29 is 9.18 Å². The number of hydrogen-bond acceptors (Lipinski definition) is 3. The van der Waals surface area contributed by atoms with E-state index in [-0.39, 0.29) is 16.3 Å². The van der Waals surface area contributed by atoms with Crippen LogP contribution in [0.4, 0.5) is 4.39 Å². The second kappa shape index (κ2) is 6.29. The molecule has 0 unspecified atom stereocenters. The molecule has 7 heteroatoms. The van der Waals surface area contributed by atoms with Gasteiger partial charge in [0.05, 0.1) is 5.02 Å². The minimum atomic E-state index is -0.475. The summed E-state index contributed by atoms with van der Waals surface area (Å²) in [6.45, 7) is 0.349. The van der Waals surface area contributed by atoms with Crippen LogP contribution >= 0.6 is 11.6 Å². The van der Waals surface area contributed by atoms with Crippen molar-refractivity contribution in [1.29, 1.82) is 0 Å². The summed E-state index contributed by atoms with van der Waals surface area (Å²) in [6, 6.07) is 6.96. The Balaban J connectivity index is 1.89. The zero-order valence-corrected chi connectivity index (χ0v) is 11.1. The fraction of sp³-hybridized carbons (Fsp3) is 0.154. The molecule has 0 aliphatic rings. The Morgan fingerprint density at radius 1 is 1.35 bits per heavy atom. The molecule has 104 valence electrons. The van der Waals surface area contributed by atoms with E-state index in [0.717, 1.165) is 5.56 Å². The second-order valence-electron chi connectivity index (χ2n) is 4.06. The predicted octanol–water partition coefficient (Wildman–Crippen LogP) is 1.53. The Labute approximate surface area is 118 Å². The first kappa shape index (κ1) is 14.2. The number of carbonyl (C=O) groups excluding carboxylic acids is 1. The van der Waals surface area contributed by atoms with Gasteiger partial charge in [0, 0.05) is 12.6 Å². The second-order valence-corrected chi connectivity index (χ2v) is 4.47. The van der Waals surface area contributed by atoms with Gasteiger partial charge in [0.1, 0.15) is 11.5 Å². The summed E-state index contributed by atoms with van der Waals surface area (Å²) >= 11 is 5.66. The molecule has 0 saturated heterocycles. The van der Waals surface area contributed by atoms with E-state index >= 15 is 0 Å². The fourth-order valence-corrected chi connectivity index (χ4v) is 1.78. The number of carbonyl (C=O) groups is 1. The Morgan fingerprint density at radius 2 is 2.15 bits per heavy atom. The SMILES string of the molecule is O=C(NCCc1ccc(F)c(Cl)c1)c1ccc(=O)[nH]n1. The third-order valence-corrected chi connectivity index (χ3v) is 2.88. The van der Waals surface area contributed by atoms with Crippen molar-refractivity contribution in [1.82, 2.24) is 15.5 Å². The van der Waals surface area contributed by atoms with Gasteiger partial charge in [0.25, 0.3) is 11.5 Å². The van der Waals surface area contributed by atoms with Gasteiger partial charge in [-0.3, -0.25) is 9.59 Å². The zero-order chi connectivity index (χ0) is 14.5. The van der Waals surface area contributed by atoms with Crippen LogP contribution < -0.4 is 10.9 Å². The quantitative estimate of drug-likeness (QED) is 0.898. The van der Waals surface area contributed by atoms with Crippen molar-refractivity contribution in [2.45, 2.75) is 6.42 Å². The molecular formula is C13H11ClFN3O2. The van der Waals surface area contributed by atoms with Crippen molar-refractivity contribution in [3.05, 3.63) is 62.8 Å². The maximum Gasteiger partial charge on any atom is 0.271 e. The number of benzene rings is 1. The van der Waals surface area contributed by atoms with Crippen LogP contribution in [0.3, 0.4) is 0 Å². The first-order valence-corrected chi connectivity index (χ1v) is 6.22. The van der Waals surface area contributed by atoms with Crippen LogP contribution in [0.15, 0.2) is 35.1 Å². The molecule has 1 amide bonds. The molecule has 1 aromatic carbocycles. The van der Waals surface area contributed by atoms with Crippen molar-refractivity contribution in [3.8, 4) is 0 Å². The molecule has 0 saturated carbocycles. The van der Waals surface area contributed by atoms with Crippen molar-refractivity contribution in [3.63, 3.8) is 0 Å². The molecule has 1 heterocycles. The summed E-state index contributed by atoms with van der Waals surface area (Å²) < 4.78 is 13.0. The van der Waals surface area contributed by atoms with Crippen LogP contribution in [-0.4, -0.2) is 22.6 Å². The van der Waals surface area contributed by atoms with Gasteiger partial charge in [0.15, 0.2) is 0 Å². The van der Waals surface area contributed by atoms with Crippen LogP contribution in [0.5, 0.6) is 0 Å². The minimum absolute atomic E-state index is 0.0520. The molecule has 0 atom stereocenters. The van der Waals surface area contributed by atoms with Gasteiger partial charge < -0.3 is 5.32 Å². The number of aromatic nitrogens is 2. The summed E-state index contributed by atoms with van der Waals surface area (Å²) in [5.74, 6) is -0.869. The Morgan fingerprint density at radius 3 is 2.80 bits per heavy atom. The van der Waals surface area contributed by atoms with E-state index in [2.05, 4.69) is 15.5 Å². The van der Waals surface area contributed by atoms with E-state index in [0.29, 0.717) is 13.0 Å². The smallest absolute Gasteiger partial charge is 0.271 e. The molecule has 2 N–H and O–H groups in total. The highest BCUT2D eigenvalue weighted by Gasteiger charge is 2.07. The predicted molar refractivity (Wildman–Crippen MR) is 72.3 cm³/mol. The molecule has 1 aromatic heterocycles. The fourth-order valence-electron chi connectivity index (χ4n) is 1.58. The van der Waals surface area contributed by atoms with Gasteiger partial charge in [-0.15, -0.1) is 0 Å². The Bertz CT molecular complexity index is 667. The number of hydrogen-bond donors (Lipinski definition) is 2. The van der Waals surface area contributed by atoms with Gasteiger partial charge in [-0.2, -0.15) is 5.10 Å². The lowest BCUT2D eigenvalue weighted by atomic mass is 10.1. The molecular weight excluding hydrogens is 285 g/mol. The van der Waals surface area contributed by atoms with Gasteiger partial charge in [-0.1, -0.05) is 17.7 Å². The Hall–Kier alpha value is -2.21. The first-order chi connectivity index (χ1) is 9.56. The highest BCUT2D eigenvalue weighted by atomic mass is 35.5. The standard InChI is InChI=1S/C13H11ClFN3O2/c14-9-7-8(1-2-10(9)15)5-6-16-13(20)11-3-4-12(19)18-17-11/h1-4,7H,5-6H2,(H,16,20)(H,18,19). The van der Waals surface area contributed by atoms with E-state index in [1.165, 1.54) is 24.3 Å². The molecule has 20 heavy (non-hydrogen) atoms. The average Bonchev–Trinajstić information content (AvgIpc) is 2.43. The topological polar surface area (TPSA) is 74.8 Å². The monoisotopic (exact) mass is 295 g/mol. The van der Waals surface area contributed by atoms with Gasteiger partial charge in [0.2, 0.25) is 0 Å². The number of rotatable bonds is 4. The molecule has 2 aromatic rings. The lowest BCUT2D eigenvalue weighted by molar-refractivity contribution is 0.0948. The number of nitrogens with zero attached hydrogens (tertiary/aromatic N) is 1. The number of amides is 1. The van der Waals surface area contributed by atoms with Crippen LogP contribution in [0.2, 0.25) is 5.02 Å². The number of aromatic amines is 1. The first-order valence-electron chi connectivity index (χ1n) is 5.84. The van der Waals surface area contributed by atoms with E-state index in [9.17, 15) is 14.0 Å². The average molecular weight is 296 g/mol. The third kappa shape index (κ3) is 3.64. The van der Waals surface area contributed by atoms with Crippen LogP contribution in [0.1, 0.15) is 16.1 Å². The maximum absolute atomic E-state index is 13.0. The summed E-state index contributed by atoms with van der Waals surface area (Å²) in [5, 5.41) is 8.48. The highest BCUT2D eigenvalue weighted by Crippen LogP contribution is 2.16. The maximum atomic E-state index is 13.0. The normalized spacial score (nSPS) is 10.3. The van der Waals surface area contributed by atoms with Gasteiger partial charge in [-0.25, -0.2) is 9.49 Å². The van der Waals surface area contributed by atoms with Gasteiger partial charge in [-0.05, 0) is 30.2 Å². The zero-order valence-electron chi connectivity index (χ0n) is 10.3. The molecule has 0 aliphatic carbocycles. The van der Waals surface area contributed by atoms with E-state index in [1.54, 1.807) is 6.07 Å². The molecule has 0 bridgehead atoms. The van der Waals surface area contributed by atoms with Crippen LogP contribution in [-0.2, 0) is 6.42 Å². The molecule has 0 spiro atoms. The van der Waals surface area contributed by atoms with Crippen molar-refractivity contribution in [2.24, 2.45) is 0 Å². The summed E-state index contributed by atoms with van der Waals surface area (Å²) in [6.07, 6.45) is 0.509. The largest absolute Gasteiger partial charge is 0.350 e. The Kier molecular flexibility index (Phi) is 4.47. The molecule has 2 rings (SSSR count). The molecule has 0 radical (unpaired) electrons. The number of H-pyrrole nitrogens is 1. The molecule has 0 fully saturated rings. The minimum Gasteiger partial charge on any atom is -0.350 e. The van der Waals surface area contributed by atoms with E-state index in [1.807, 2.05) is 0 Å². The third-order valence-electron chi connectivity index (χ3n) is 2.60. The van der Waals surface area contributed by atoms with Crippen LogP contribution in [0.25, 0.3) is 0 Å². The van der Waals surface area contributed by atoms with Crippen LogP contribution in [0, 0.1) is 5.82 Å². The van der Waals surface area contributed by atoms with E-state index < -0.39 is 11.7 Å². The summed E-state index contributed by atoms with van der Waals surface area (Å²) in [4.78, 5) is 22.5. The lowest BCUT2D eigenvalue weighted by Crippen LogP contribution is -2.27. The van der Waals surface area contributed by atoms with Crippen molar-refractivity contribution >= 4 is 17.5 Å². The number of halogens is 2.